The van der Waals surface area contributed by atoms with Gasteiger partial charge in [0.15, 0.2) is 4.32 Å². The molecule has 2 aromatic rings. The maximum absolute atomic E-state index is 12.4. The average molecular weight is 340 g/mol. The van der Waals surface area contributed by atoms with Crippen LogP contribution >= 0.6 is 24.0 Å². The Morgan fingerprint density at radius 1 is 1.09 bits per heavy atom. The van der Waals surface area contributed by atoms with Crippen molar-refractivity contribution in [1.82, 2.24) is 5.01 Å². The number of aromatic hydroxyl groups is 1. The van der Waals surface area contributed by atoms with Crippen LogP contribution in [0.15, 0.2) is 64.6 Å². The lowest BCUT2D eigenvalue weighted by atomic mass is 10.2. The number of phenolic OH excluding ortho intramolecular Hbond substituents is 1. The van der Waals surface area contributed by atoms with Gasteiger partial charge in [0.05, 0.1) is 11.1 Å². The van der Waals surface area contributed by atoms with Gasteiger partial charge in [-0.3, -0.25) is 4.79 Å². The minimum Gasteiger partial charge on any atom is -0.507 e. The predicted molar refractivity (Wildman–Crippen MR) is 97.2 cm³/mol. The molecule has 1 heterocycles. The van der Waals surface area contributed by atoms with E-state index < -0.39 is 0 Å². The Kier molecular flexibility index (Phi) is 4.55. The molecule has 0 aromatic heterocycles. The van der Waals surface area contributed by atoms with Crippen molar-refractivity contribution >= 4 is 46.5 Å². The Bertz CT molecular complexity index is 816. The number of thiocarbonyl (C=S) groups is 1. The molecule has 3 rings (SSSR count). The van der Waals surface area contributed by atoms with E-state index >= 15 is 0 Å². The molecular formula is C17H12N2O2S2. The number of phenols is 1. The zero-order chi connectivity index (χ0) is 16.2. The van der Waals surface area contributed by atoms with Crippen molar-refractivity contribution in [2.75, 3.05) is 0 Å². The summed E-state index contributed by atoms with van der Waals surface area (Å²) in [6.45, 7) is 0. The minimum absolute atomic E-state index is 0.0986. The fourth-order valence-corrected chi connectivity index (χ4v) is 3.15. The number of hydrogen-bond acceptors (Lipinski definition) is 5. The van der Waals surface area contributed by atoms with Crippen LogP contribution in [0.25, 0.3) is 6.08 Å². The van der Waals surface area contributed by atoms with Gasteiger partial charge < -0.3 is 5.11 Å². The second-order valence-corrected chi connectivity index (χ2v) is 6.38. The minimum atomic E-state index is -0.268. The number of hydrazone groups is 1. The van der Waals surface area contributed by atoms with Gasteiger partial charge in [-0.25, -0.2) is 0 Å². The highest BCUT2D eigenvalue weighted by Gasteiger charge is 2.32. The summed E-state index contributed by atoms with van der Waals surface area (Å²) in [5, 5.41) is 15.0. The molecule has 23 heavy (non-hydrogen) atoms. The van der Waals surface area contributed by atoms with Crippen LogP contribution < -0.4 is 0 Å². The number of hydrogen-bond donors (Lipinski definition) is 1. The zero-order valence-electron chi connectivity index (χ0n) is 11.9. The van der Waals surface area contributed by atoms with Gasteiger partial charge in [0, 0.05) is 5.56 Å². The molecular weight excluding hydrogens is 328 g/mol. The first-order valence-electron chi connectivity index (χ1n) is 6.80. The highest BCUT2D eigenvalue weighted by molar-refractivity contribution is 8.26. The van der Waals surface area contributed by atoms with Crippen molar-refractivity contribution in [2.24, 2.45) is 5.10 Å². The van der Waals surface area contributed by atoms with Crippen LogP contribution in [0, 0.1) is 0 Å². The molecule has 1 N–H and O–H groups in total. The summed E-state index contributed by atoms with van der Waals surface area (Å²) >= 11 is 6.42. The number of para-hydroxylation sites is 1. The summed E-state index contributed by atoms with van der Waals surface area (Å²) in [7, 11) is 0. The smallest absolute Gasteiger partial charge is 0.286 e. The second-order valence-electron chi connectivity index (χ2n) is 4.71. The van der Waals surface area contributed by atoms with E-state index in [-0.39, 0.29) is 11.7 Å². The van der Waals surface area contributed by atoms with Crippen LogP contribution in [0.3, 0.4) is 0 Å². The van der Waals surface area contributed by atoms with Crippen molar-refractivity contribution in [1.29, 1.82) is 0 Å². The quantitative estimate of drug-likeness (QED) is 0.527. The Balaban J connectivity index is 1.82. The summed E-state index contributed by atoms with van der Waals surface area (Å²) in [6.07, 6.45) is 3.21. The van der Waals surface area contributed by atoms with E-state index in [9.17, 15) is 9.90 Å². The molecule has 1 aliphatic rings. The van der Waals surface area contributed by atoms with E-state index in [4.69, 9.17) is 12.2 Å². The van der Waals surface area contributed by atoms with Gasteiger partial charge in [0.2, 0.25) is 0 Å². The van der Waals surface area contributed by atoms with Crippen molar-refractivity contribution < 1.29 is 9.90 Å². The zero-order valence-corrected chi connectivity index (χ0v) is 13.6. The third kappa shape index (κ3) is 3.49. The second kappa shape index (κ2) is 6.76. The number of nitrogens with zero attached hydrogens (tertiary/aromatic N) is 2. The molecule has 0 bridgehead atoms. The highest BCUT2D eigenvalue weighted by atomic mass is 32.2. The van der Waals surface area contributed by atoms with Crippen molar-refractivity contribution in [3.8, 4) is 5.75 Å². The van der Waals surface area contributed by atoms with Crippen LogP contribution in [-0.4, -0.2) is 26.6 Å². The molecule has 6 heteroatoms. The summed E-state index contributed by atoms with van der Waals surface area (Å²) in [4.78, 5) is 12.9. The predicted octanol–water partition coefficient (Wildman–Crippen LogP) is 3.63. The molecule has 4 nitrogen and oxygen atoms in total. The van der Waals surface area contributed by atoms with Crippen LogP contribution in [0.1, 0.15) is 11.1 Å². The first-order chi connectivity index (χ1) is 11.1. The summed E-state index contributed by atoms with van der Waals surface area (Å²) in [5.74, 6) is -0.169. The lowest BCUT2D eigenvalue weighted by Crippen LogP contribution is -2.22. The van der Waals surface area contributed by atoms with Gasteiger partial charge in [-0.1, -0.05) is 54.2 Å². The van der Waals surface area contributed by atoms with Crippen molar-refractivity contribution in [3.63, 3.8) is 0 Å². The van der Waals surface area contributed by atoms with E-state index in [1.54, 1.807) is 30.3 Å². The molecule has 0 spiro atoms. The van der Waals surface area contributed by atoms with Gasteiger partial charge in [0.1, 0.15) is 5.75 Å². The van der Waals surface area contributed by atoms with Crippen LogP contribution in [0.5, 0.6) is 5.75 Å². The fraction of sp³-hybridized carbons (Fsp3) is 0. The Hall–Kier alpha value is -2.44. The monoisotopic (exact) mass is 340 g/mol. The molecule has 0 saturated carbocycles. The maximum Gasteiger partial charge on any atom is 0.286 e. The molecule has 2 aromatic carbocycles. The average Bonchev–Trinajstić information content (AvgIpc) is 2.82. The molecule has 0 aliphatic carbocycles. The molecule has 1 fully saturated rings. The number of thioether (sulfide) groups is 1. The highest BCUT2D eigenvalue weighted by Crippen LogP contribution is 2.32. The fourth-order valence-electron chi connectivity index (χ4n) is 1.98. The van der Waals surface area contributed by atoms with Gasteiger partial charge in [0.25, 0.3) is 5.91 Å². The molecule has 114 valence electrons. The third-order valence-corrected chi connectivity index (χ3v) is 4.40. The van der Waals surface area contributed by atoms with Crippen LogP contribution in [0.4, 0.5) is 0 Å². The number of carbonyl (C=O) groups is 1. The van der Waals surface area contributed by atoms with E-state index in [0.717, 1.165) is 5.56 Å². The molecule has 1 amide bonds. The standard InChI is InChI=1S/C17H12N2O2S2/c20-14-9-5-4-8-13(14)11-18-19-16(21)15(23-17(19)22)10-12-6-2-1-3-7-12/h1-11,20H/b15-10-,18-11-. The lowest BCUT2D eigenvalue weighted by Gasteiger charge is -2.06. The van der Waals surface area contributed by atoms with Crippen LogP contribution in [0.2, 0.25) is 0 Å². The number of benzene rings is 2. The molecule has 1 saturated heterocycles. The number of amides is 1. The van der Waals surface area contributed by atoms with E-state index in [1.165, 1.54) is 23.0 Å². The normalized spacial score (nSPS) is 16.7. The Morgan fingerprint density at radius 2 is 1.78 bits per heavy atom. The molecule has 0 unspecified atom stereocenters. The van der Waals surface area contributed by atoms with E-state index in [1.807, 2.05) is 30.3 Å². The van der Waals surface area contributed by atoms with E-state index in [0.29, 0.717) is 14.8 Å². The van der Waals surface area contributed by atoms with Crippen LogP contribution in [-0.2, 0) is 4.79 Å². The Labute approximate surface area is 143 Å². The topological polar surface area (TPSA) is 52.9 Å². The number of rotatable bonds is 3. The number of carbonyl (C=O) groups excluding carboxylic acids is 1. The molecule has 0 atom stereocenters. The SMILES string of the molecule is O=C1/C(=C/c2ccccc2)SC(=S)N1/N=C\c1ccccc1O. The van der Waals surface area contributed by atoms with Crippen molar-refractivity contribution in [2.45, 2.75) is 0 Å². The third-order valence-electron chi connectivity index (χ3n) is 3.12. The summed E-state index contributed by atoms with van der Waals surface area (Å²) in [5.41, 5.74) is 1.45. The largest absolute Gasteiger partial charge is 0.507 e. The summed E-state index contributed by atoms with van der Waals surface area (Å²) < 4.78 is 0.365. The molecule has 1 aliphatic heterocycles. The van der Waals surface area contributed by atoms with Gasteiger partial charge in [-0.2, -0.15) is 10.1 Å². The summed E-state index contributed by atoms with van der Waals surface area (Å²) in [6, 6.07) is 16.3. The molecule has 0 radical (unpaired) electrons. The van der Waals surface area contributed by atoms with Gasteiger partial charge >= 0.3 is 0 Å². The van der Waals surface area contributed by atoms with E-state index in [2.05, 4.69) is 5.10 Å². The van der Waals surface area contributed by atoms with Crippen molar-refractivity contribution in [3.05, 3.63) is 70.6 Å². The van der Waals surface area contributed by atoms with Gasteiger partial charge in [-0.15, -0.1) is 0 Å². The first-order valence-corrected chi connectivity index (χ1v) is 8.02. The maximum atomic E-state index is 12.4. The van der Waals surface area contributed by atoms with Gasteiger partial charge in [-0.05, 0) is 36.0 Å². The Morgan fingerprint density at radius 3 is 2.52 bits per heavy atom. The first kappa shape index (κ1) is 15.5. The lowest BCUT2D eigenvalue weighted by molar-refractivity contribution is -0.122.